The van der Waals surface area contributed by atoms with Crippen LogP contribution in [0.4, 0.5) is 0 Å². The highest BCUT2D eigenvalue weighted by Gasteiger charge is 2.18. The first-order chi connectivity index (χ1) is 12.8. The van der Waals surface area contributed by atoms with Crippen LogP contribution in [0.25, 0.3) is 0 Å². The maximum absolute atomic E-state index is 12.2. The van der Waals surface area contributed by atoms with Gasteiger partial charge in [0.05, 0.1) is 12.5 Å². The number of esters is 1. The van der Waals surface area contributed by atoms with Gasteiger partial charge in [-0.25, -0.2) is 0 Å². The number of carbonyl (C=O) groups excluding carboxylic acids is 1. The van der Waals surface area contributed by atoms with E-state index in [4.69, 9.17) is 4.74 Å². The third kappa shape index (κ3) is 16.4. The second-order valence-electron chi connectivity index (χ2n) is 7.42. The van der Waals surface area contributed by atoms with Gasteiger partial charge in [0.1, 0.15) is 0 Å². The molecule has 0 N–H and O–H groups in total. The van der Waals surface area contributed by atoms with Crippen molar-refractivity contribution in [3.63, 3.8) is 0 Å². The Balaban J connectivity index is 3.79. The highest BCUT2D eigenvalue weighted by molar-refractivity contribution is 5.72. The van der Waals surface area contributed by atoms with Crippen LogP contribution in [0.1, 0.15) is 110 Å². The zero-order valence-corrected chi connectivity index (χ0v) is 17.5. The highest BCUT2D eigenvalue weighted by Crippen LogP contribution is 2.21. The maximum Gasteiger partial charge on any atom is 0.308 e. The van der Waals surface area contributed by atoms with E-state index in [1.807, 2.05) is 19.1 Å². The highest BCUT2D eigenvalue weighted by atomic mass is 16.5. The monoisotopic (exact) mass is 364 g/mol. The summed E-state index contributed by atoms with van der Waals surface area (Å²) in [6.07, 6.45) is 23.4. The van der Waals surface area contributed by atoms with Gasteiger partial charge in [-0.3, -0.25) is 4.79 Å². The minimum Gasteiger partial charge on any atom is -0.466 e. The SMILES string of the molecule is C=CCCCCCCCCC(CCCCCCCCC=C)C(=O)OCC. The van der Waals surface area contributed by atoms with E-state index in [-0.39, 0.29) is 11.9 Å². The average Bonchev–Trinajstić information content (AvgIpc) is 2.64. The molecule has 0 rings (SSSR count). The molecule has 0 fully saturated rings. The van der Waals surface area contributed by atoms with Crippen molar-refractivity contribution in [1.82, 2.24) is 0 Å². The van der Waals surface area contributed by atoms with E-state index < -0.39 is 0 Å². The Morgan fingerprint density at radius 1 is 0.731 bits per heavy atom. The number of hydrogen-bond donors (Lipinski definition) is 0. The van der Waals surface area contributed by atoms with Crippen LogP contribution in [0, 0.1) is 5.92 Å². The lowest BCUT2D eigenvalue weighted by Crippen LogP contribution is -2.18. The van der Waals surface area contributed by atoms with E-state index in [1.54, 1.807) is 0 Å². The molecule has 0 bridgehead atoms. The number of rotatable bonds is 20. The third-order valence-electron chi connectivity index (χ3n) is 5.04. The molecule has 0 saturated carbocycles. The van der Waals surface area contributed by atoms with Crippen molar-refractivity contribution < 1.29 is 9.53 Å². The van der Waals surface area contributed by atoms with Gasteiger partial charge in [0.25, 0.3) is 0 Å². The first-order valence-electron chi connectivity index (χ1n) is 11.1. The Morgan fingerprint density at radius 2 is 1.12 bits per heavy atom. The molecule has 2 nitrogen and oxygen atoms in total. The van der Waals surface area contributed by atoms with Crippen molar-refractivity contribution in [1.29, 1.82) is 0 Å². The van der Waals surface area contributed by atoms with Crippen molar-refractivity contribution in [3.8, 4) is 0 Å². The molecule has 0 aromatic carbocycles. The number of carbonyl (C=O) groups is 1. The molecule has 0 unspecified atom stereocenters. The summed E-state index contributed by atoms with van der Waals surface area (Å²) in [4.78, 5) is 12.2. The van der Waals surface area contributed by atoms with Crippen LogP contribution >= 0.6 is 0 Å². The third-order valence-corrected chi connectivity index (χ3v) is 5.04. The van der Waals surface area contributed by atoms with E-state index in [1.165, 1.54) is 64.2 Å². The molecule has 152 valence electrons. The Labute approximate surface area is 163 Å². The lowest BCUT2D eigenvalue weighted by Gasteiger charge is -2.15. The topological polar surface area (TPSA) is 26.3 Å². The van der Waals surface area contributed by atoms with Gasteiger partial charge in [0.2, 0.25) is 0 Å². The zero-order valence-electron chi connectivity index (χ0n) is 17.5. The van der Waals surface area contributed by atoms with Gasteiger partial charge in [-0.15, -0.1) is 13.2 Å². The summed E-state index contributed by atoms with van der Waals surface area (Å²) in [6.45, 7) is 9.93. The van der Waals surface area contributed by atoms with E-state index >= 15 is 0 Å². The first kappa shape index (κ1) is 24.9. The fourth-order valence-corrected chi connectivity index (χ4v) is 3.41. The quantitative estimate of drug-likeness (QED) is 0.125. The molecule has 0 saturated heterocycles. The predicted molar refractivity (Wildman–Crippen MR) is 114 cm³/mol. The molecular weight excluding hydrogens is 320 g/mol. The van der Waals surface area contributed by atoms with Crippen LogP contribution in [0.2, 0.25) is 0 Å². The minimum atomic E-state index is 0.0319. The molecule has 0 amide bonds. The minimum absolute atomic E-state index is 0.0319. The van der Waals surface area contributed by atoms with Gasteiger partial charge < -0.3 is 4.74 Å². The summed E-state index contributed by atoms with van der Waals surface area (Å²) in [7, 11) is 0. The van der Waals surface area contributed by atoms with E-state index in [0.717, 1.165) is 38.5 Å². The molecule has 0 heterocycles. The Bertz CT molecular complexity index is 311. The molecule has 0 aliphatic carbocycles. The number of allylic oxidation sites excluding steroid dienone is 2. The van der Waals surface area contributed by atoms with Gasteiger partial charge in [0.15, 0.2) is 0 Å². The van der Waals surface area contributed by atoms with Crippen LogP contribution in [0.5, 0.6) is 0 Å². The summed E-state index contributed by atoms with van der Waals surface area (Å²) in [5.74, 6) is 0.154. The van der Waals surface area contributed by atoms with E-state index in [2.05, 4.69) is 13.2 Å². The molecule has 26 heavy (non-hydrogen) atoms. The van der Waals surface area contributed by atoms with Crippen LogP contribution in [-0.4, -0.2) is 12.6 Å². The number of ether oxygens (including phenoxy) is 1. The maximum atomic E-state index is 12.2. The van der Waals surface area contributed by atoms with Crippen LogP contribution in [0.15, 0.2) is 25.3 Å². The predicted octanol–water partition coefficient (Wildman–Crippen LogP) is 7.78. The van der Waals surface area contributed by atoms with Crippen molar-refractivity contribution in [2.24, 2.45) is 5.92 Å². The van der Waals surface area contributed by atoms with Crippen molar-refractivity contribution in [2.45, 2.75) is 110 Å². The largest absolute Gasteiger partial charge is 0.466 e. The Morgan fingerprint density at radius 3 is 1.50 bits per heavy atom. The Kier molecular flexibility index (Phi) is 19.4. The molecule has 0 aromatic heterocycles. The van der Waals surface area contributed by atoms with Crippen molar-refractivity contribution in [2.75, 3.05) is 6.61 Å². The molecule has 0 spiro atoms. The van der Waals surface area contributed by atoms with Crippen molar-refractivity contribution >= 4 is 5.97 Å². The summed E-state index contributed by atoms with van der Waals surface area (Å²) in [6, 6.07) is 0. The smallest absolute Gasteiger partial charge is 0.308 e. The average molecular weight is 365 g/mol. The second kappa shape index (κ2) is 20.3. The summed E-state index contributed by atoms with van der Waals surface area (Å²) >= 11 is 0. The van der Waals surface area contributed by atoms with E-state index in [0.29, 0.717) is 6.61 Å². The molecule has 0 aromatic rings. The molecule has 0 aliphatic rings. The molecule has 0 aliphatic heterocycles. The van der Waals surface area contributed by atoms with Crippen LogP contribution in [0.3, 0.4) is 0 Å². The molecule has 0 radical (unpaired) electrons. The molecule has 0 atom stereocenters. The fourth-order valence-electron chi connectivity index (χ4n) is 3.41. The van der Waals surface area contributed by atoms with Crippen LogP contribution in [-0.2, 0) is 9.53 Å². The van der Waals surface area contributed by atoms with Gasteiger partial charge in [-0.05, 0) is 45.4 Å². The van der Waals surface area contributed by atoms with E-state index in [9.17, 15) is 4.79 Å². The second-order valence-corrected chi connectivity index (χ2v) is 7.42. The Hall–Kier alpha value is -1.05. The molecule has 2 heteroatoms. The molecular formula is C24H44O2. The number of unbranched alkanes of at least 4 members (excludes halogenated alkanes) is 12. The van der Waals surface area contributed by atoms with Gasteiger partial charge >= 0.3 is 5.97 Å². The normalized spacial score (nSPS) is 10.8. The summed E-state index contributed by atoms with van der Waals surface area (Å²) in [5.41, 5.74) is 0. The summed E-state index contributed by atoms with van der Waals surface area (Å²) in [5, 5.41) is 0. The van der Waals surface area contributed by atoms with Crippen molar-refractivity contribution in [3.05, 3.63) is 25.3 Å². The van der Waals surface area contributed by atoms with Gasteiger partial charge in [0, 0.05) is 0 Å². The standard InChI is InChI=1S/C24H44O2/c1-4-7-9-11-13-15-17-19-21-23(24(25)26-6-3)22-20-18-16-14-12-10-8-5-2/h4-5,23H,1-2,6-22H2,3H3. The number of hydrogen-bond acceptors (Lipinski definition) is 2. The van der Waals surface area contributed by atoms with Crippen LogP contribution < -0.4 is 0 Å². The fraction of sp³-hybridized carbons (Fsp3) is 0.792. The summed E-state index contributed by atoms with van der Waals surface area (Å²) < 4.78 is 5.29. The van der Waals surface area contributed by atoms with Gasteiger partial charge in [-0.2, -0.15) is 0 Å². The first-order valence-corrected chi connectivity index (χ1v) is 11.1. The lowest BCUT2D eigenvalue weighted by atomic mass is 9.94. The zero-order chi connectivity index (χ0) is 19.3. The lowest BCUT2D eigenvalue weighted by molar-refractivity contribution is -0.148. The van der Waals surface area contributed by atoms with Gasteiger partial charge in [-0.1, -0.05) is 76.4 Å².